The summed E-state index contributed by atoms with van der Waals surface area (Å²) in [5.74, 6) is 0.300. The van der Waals surface area contributed by atoms with Crippen LogP contribution in [0.1, 0.15) is 15.9 Å². The van der Waals surface area contributed by atoms with Crippen LogP contribution in [-0.4, -0.2) is 18.4 Å². The van der Waals surface area contributed by atoms with E-state index in [-0.39, 0.29) is 12.5 Å². The number of amides is 2. The molecule has 0 aliphatic heterocycles. The third-order valence-corrected chi connectivity index (χ3v) is 3.84. The number of hydrogen-bond donors (Lipinski definition) is 2. The summed E-state index contributed by atoms with van der Waals surface area (Å²) in [4.78, 5) is 23.2. The van der Waals surface area contributed by atoms with Gasteiger partial charge in [-0.25, -0.2) is 0 Å². The Morgan fingerprint density at radius 1 is 0.821 bits per heavy atom. The minimum Gasteiger partial charge on any atom is -0.489 e. The molecule has 0 aromatic heterocycles. The van der Waals surface area contributed by atoms with Crippen LogP contribution in [0.25, 0.3) is 0 Å². The van der Waals surface area contributed by atoms with Gasteiger partial charge in [-0.2, -0.15) is 0 Å². The van der Waals surface area contributed by atoms with Crippen LogP contribution in [0.3, 0.4) is 0 Å². The molecular weight excluding hydrogens is 356 g/mol. The summed E-state index contributed by atoms with van der Waals surface area (Å²) in [6.45, 7) is 0.242. The van der Waals surface area contributed by atoms with E-state index < -0.39 is 5.91 Å². The molecule has 28 heavy (non-hydrogen) atoms. The number of carbonyl (C=O) groups excluding carboxylic acids is 2. The van der Waals surface area contributed by atoms with Gasteiger partial charge in [-0.1, -0.05) is 36.4 Å². The second-order valence-corrected chi connectivity index (χ2v) is 6.04. The van der Waals surface area contributed by atoms with Crippen molar-refractivity contribution in [3.63, 3.8) is 0 Å². The van der Waals surface area contributed by atoms with Crippen molar-refractivity contribution in [2.24, 2.45) is 5.73 Å². The number of primary amides is 1. The van der Waals surface area contributed by atoms with Crippen LogP contribution in [0.5, 0.6) is 11.5 Å². The molecule has 3 aromatic rings. The van der Waals surface area contributed by atoms with E-state index >= 15 is 0 Å². The zero-order chi connectivity index (χ0) is 19.8. The minimum atomic E-state index is -0.566. The molecule has 0 fully saturated rings. The molecule has 3 N–H and O–H groups in total. The van der Waals surface area contributed by atoms with Crippen molar-refractivity contribution in [2.75, 3.05) is 11.9 Å². The van der Waals surface area contributed by atoms with Gasteiger partial charge in [0.25, 0.3) is 11.8 Å². The minimum absolute atomic E-state index is 0.220. The number of ether oxygens (including phenoxy) is 2. The van der Waals surface area contributed by atoms with Gasteiger partial charge in [-0.15, -0.1) is 0 Å². The third kappa shape index (κ3) is 5.60. The van der Waals surface area contributed by atoms with Crippen LogP contribution in [0.4, 0.5) is 5.69 Å². The van der Waals surface area contributed by atoms with Crippen LogP contribution in [-0.2, 0) is 11.4 Å². The Bertz CT molecular complexity index is 940. The summed E-state index contributed by atoms with van der Waals surface area (Å²) in [7, 11) is 0. The van der Waals surface area contributed by atoms with Gasteiger partial charge in [0, 0.05) is 17.3 Å². The molecule has 0 heterocycles. The van der Waals surface area contributed by atoms with Crippen LogP contribution in [0, 0.1) is 0 Å². The van der Waals surface area contributed by atoms with E-state index in [0.717, 1.165) is 5.56 Å². The largest absolute Gasteiger partial charge is 0.489 e. The molecular formula is C22H20N2O4. The normalized spacial score (nSPS) is 10.1. The van der Waals surface area contributed by atoms with Gasteiger partial charge < -0.3 is 20.5 Å². The number of hydrogen-bond acceptors (Lipinski definition) is 4. The van der Waals surface area contributed by atoms with Crippen molar-refractivity contribution in [2.45, 2.75) is 6.61 Å². The Morgan fingerprint density at radius 2 is 1.57 bits per heavy atom. The van der Waals surface area contributed by atoms with Gasteiger partial charge in [-0.05, 0) is 42.0 Å². The fourth-order valence-corrected chi connectivity index (χ4v) is 2.46. The summed E-state index contributed by atoms with van der Waals surface area (Å²) >= 11 is 0. The predicted octanol–water partition coefficient (Wildman–Crippen LogP) is 3.38. The number of anilines is 1. The molecule has 0 saturated carbocycles. The molecule has 0 atom stereocenters. The van der Waals surface area contributed by atoms with E-state index in [2.05, 4.69) is 5.32 Å². The zero-order valence-electron chi connectivity index (χ0n) is 15.1. The van der Waals surface area contributed by atoms with E-state index in [9.17, 15) is 9.59 Å². The van der Waals surface area contributed by atoms with Crippen molar-refractivity contribution >= 4 is 17.5 Å². The Labute approximate surface area is 162 Å². The fourth-order valence-electron chi connectivity index (χ4n) is 2.46. The van der Waals surface area contributed by atoms with Gasteiger partial charge in [-0.3, -0.25) is 9.59 Å². The molecule has 2 amide bonds. The number of nitrogens with two attached hydrogens (primary N) is 1. The Hall–Kier alpha value is -3.80. The summed E-state index contributed by atoms with van der Waals surface area (Å²) in [6.07, 6.45) is 0. The number of benzene rings is 3. The third-order valence-electron chi connectivity index (χ3n) is 3.84. The lowest BCUT2D eigenvalue weighted by Crippen LogP contribution is -2.20. The predicted molar refractivity (Wildman–Crippen MR) is 106 cm³/mol. The summed E-state index contributed by atoms with van der Waals surface area (Å²) in [6, 6.07) is 23.5. The second kappa shape index (κ2) is 9.23. The smallest absolute Gasteiger partial charge is 0.255 e. The van der Waals surface area contributed by atoms with Crippen molar-refractivity contribution in [3.8, 4) is 11.5 Å². The highest BCUT2D eigenvalue weighted by Gasteiger charge is 2.08. The van der Waals surface area contributed by atoms with Crippen molar-refractivity contribution in [1.82, 2.24) is 0 Å². The SMILES string of the molecule is NC(=O)COc1cccc(NC(=O)c2ccc(OCc3ccccc3)cc2)c1. The Morgan fingerprint density at radius 3 is 2.29 bits per heavy atom. The molecule has 0 spiro atoms. The monoisotopic (exact) mass is 376 g/mol. The molecule has 3 aromatic carbocycles. The first-order valence-electron chi connectivity index (χ1n) is 8.69. The van der Waals surface area contributed by atoms with Gasteiger partial charge in [0.1, 0.15) is 18.1 Å². The average molecular weight is 376 g/mol. The van der Waals surface area contributed by atoms with Crippen molar-refractivity contribution in [1.29, 1.82) is 0 Å². The van der Waals surface area contributed by atoms with E-state index in [1.807, 2.05) is 30.3 Å². The number of nitrogens with one attached hydrogen (secondary N) is 1. The first-order valence-corrected chi connectivity index (χ1v) is 8.69. The summed E-state index contributed by atoms with van der Waals surface area (Å²) < 4.78 is 11.0. The van der Waals surface area contributed by atoms with Gasteiger partial charge >= 0.3 is 0 Å². The lowest BCUT2D eigenvalue weighted by Gasteiger charge is -2.09. The van der Waals surface area contributed by atoms with Crippen LogP contribution in [0.2, 0.25) is 0 Å². The highest BCUT2D eigenvalue weighted by atomic mass is 16.5. The lowest BCUT2D eigenvalue weighted by atomic mass is 10.2. The highest BCUT2D eigenvalue weighted by molar-refractivity contribution is 6.04. The zero-order valence-corrected chi connectivity index (χ0v) is 15.1. The molecule has 0 unspecified atom stereocenters. The van der Waals surface area contributed by atoms with E-state index in [1.165, 1.54) is 0 Å². The van der Waals surface area contributed by atoms with E-state index in [4.69, 9.17) is 15.2 Å². The fraction of sp³-hybridized carbons (Fsp3) is 0.0909. The summed E-state index contributed by atoms with van der Waals surface area (Å²) in [5, 5.41) is 2.79. The lowest BCUT2D eigenvalue weighted by molar-refractivity contribution is -0.119. The molecule has 0 bridgehead atoms. The quantitative estimate of drug-likeness (QED) is 0.631. The maximum atomic E-state index is 12.4. The molecule has 6 heteroatoms. The molecule has 0 saturated heterocycles. The first-order chi connectivity index (χ1) is 13.6. The number of carbonyl (C=O) groups is 2. The maximum absolute atomic E-state index is 12.4. The van der Waals surface area contributed by atoms with Gasteiger partial charge in [0.15, 0.2) is 6.61 Å². The topological polar surface area (TPSA) is 90.7 Å². The highest BCUT2D eigenvalue weighted by Crippen LogP contribution is 2.19. The van der Waals surface area contributed by atoms with Crippen molar-refractivity contribution < 1.29 is 19.1 Å². The molecule has 0 radical (unpaired) electrons. The maximum Gasteiger partial charge on any atom is 0.255 e. The van der Waals surface area contributed by atoms with E-state index in [0.29, 0.717) is 29.4 Å². The molecule has 6 nitrogen and oxygen atoms in total. The van der Waals surface area contributed by atoms with Gasteiger partial charge in [0.2, 0.25) is 0 Å². The van der Waals surface area contributed by atoms with E-state index in [1.54, 1.807) is 48.5 Å². The van der Waals surface area contributed by atoms with Crippen LogP contribution in [0.15, 0.2) is 78.9 Å². The van der Waals surface area contributed by atoms with Gasteiger partial charge in [0.05, 0.1) is 0 Å². The van der Waals surface area contributed by atoms with Crippen LogP contribution < -0.4 is 20.5 Å². The molecule has 142 valence electrons. The Balaban J connectivity index is 1.57. The second-order valence-electron chi connectivity index (χ2n) is 6.04. The first kappa shape index (κ1) is 19.0. The van der Waals surface area contributed by atoms with Crippen molar-refractivity contribution in [3.05, 3.63) is 90.0 Å². The summed E-state index contributed by atoms with van der Waals surface area (Å²) in [5.41, 5.74) is 7.18. The Kier molecular flexibility index (Phi) is 6.25. The molecule has 0 aliphatic rings. The standard InChI is InChI=1S/C22H20N2O4/c23-21(25)15-28-20-8-4-7-18(13-20)24-22(26)17-9-11-19(12-10-17)27-14-16-5-2-1-3-6-16/h1-13H,14-15H2,(H2,23,25)(H,24,26). The van der Waals surface area contributed by atoms with Crippen LogP contribution >= 0.6 is 0 Å². The molecule has 0 aliphatic carbocycles. The molecule has 3 rings (SSSR count). The average Bonchev–Trinajstić information content (AvgIpc) is 2.72. The number of rotatable bonds is 8.